The molecule has 4 heteroatoms. The lowest BCUT2D eigenvalue weighted by Crippen LogP contribution is -2.21. The molecular formula is C16H17F2NS. The fourth-order valence-corrected chi connectivity index (χ4v) is 2.83. The second kappa shape index (κ2) is 6.86. The van der Waals surface area contributed by atoms with Gasteiger partial charge in [-0.15, -0.1) is 0 Å². The molecule has 2 aromatic carbocycles. The Bertz CT molecular complexity index is 569. The zero-order valence-electron chi connectivity index (χ0n) is 11.3. The summed E-state index contributed by atoms with van der Waals surface area (Å²) in [6, 6.07) is 11.1. The van der Waals surface area contributed by atoms with Gasteiger partial charge >= 0.3 is 0 Å². The predicted molar refractivity (Wildman–Crippen MR) is 78.9 cm³/mol. The second-order valence-electron chi connectivity index (χ2n) is 4.66. The van der Waals surface area contributed by atoms with Crippen LogP contribution < -0.4 is 5.73 Å². The van der Waals surface area contributed by atoms with Gasteiger partial charge in [-0.2, -0.15) is 0 Å². The van der Waals surface area contributed by atoms with Crippen molar-refractivity contribution in [2.45, 2.75) is 35.6 Å². The van der Waals surface area contributed by atoms with Crippen LogP contribution in [0.3, 0.4) is 0 Å². The summed E-state index contributed by atoms with van der Waals surface area (Å²) in [4.78, 5) is 1.38. The molecule has 1 nitrogen and oxygen atoms in total. The molecule has 1 atom stereocenters. The molecule has 0 fully saturated rings. The number of halogens is 2. The van der Waals surface area contributed by atoms with E-state index >= 15 is 0 Å². The van der Waals surface area contributed by atoms with Crippen molar-refractivity contribution >= 4 is 11.8 Å². The first kappa shape index (κ1) is 15.0. The minimum atomic E-state index is -0.295. The highest BCUT2D eigenvalue weighted by Crippen LogP contribution is 2.33. The maximum atomic E-state index is 14.0. The van der Waals surface area contributed by atoms with Gasteiger partial charge in [0.15, 0.2) is 0 Å². The SMILES string of the molecule is CCC(N)Cc1cccc(F)c1Sc1ccc(F)cc1. The molecule has 0 amide bonds. The summed E-state index contributed by atoms with van der Waals surface area (Å²) in [7, 11) is 0. The molecule has 0 bridgehead atoms. The van der Waals surface area contributed by atoms with E-state index in [1.807, 2.05) is 13.0 Å². The molecule has 1 unspecified atom stereocenters. The van der Waals surface area contributed by atoms with Crippen molar-refractivity contribution in [2.24, 2.45) is 5.73 Å². The Morgan fingerprint density at radius 3 is 2.45 bits per heavy atom. The van der Waals surface area contributed by atoms with Gasteiger partial charge in [0.1, 0.15) is 11.6 Å². The molecule has 0 aromatic heterocycles. The van der Waals surface area contributed by atoms with Crippen molar-refractivity contribution in [3.63, 3.8) is 0 Å². The maximum absolute atomic E-state index is 14.0. The van der Waals surface area contributed by atoms with Crippen LogP contribution >= 0.6 is 11.8 Å². The highest BCUT2D eigenvalue weighted by molar-refractivity contribution is 7.99. The summed E-state index contributed by atoms with van der Waals surface area (Å²) in [5.74, 6) is -0.559. The Morgan fingerprint density at radius 1 is 1.10 bits per heavy atom. The number of benzene rings is 2. The lowest BCUT2D eigenvalue weighted by Gasteiger charge is -2.13. The molecule has 0 aliphatic heterocycles. The van der Waals surface area contributed by atoms with E-state index in [-0.39, 0.29) is 17.7 Å². The molecule has 0 aliphatic rings. The lowest BCUT2D eigenvalue weighted by atomic mass is 10.0. The van der Waals surface area contributed by atoms with Crippen LogP contribution in [-0.2, 0) is 6.42 Å². The van der Waals surface area contributed by atoms with E-state index in [0.717, 1.165) is 16.9 Å². The van der Waals surface area contributed by atoms with Crippen molar-refractivity contribution < 1.29 is 8.78 Å². The van der Waals surface area contributed by atoms with Crippen molar-refractivity contribution in [1.82, 2.24) is 0 Å². The summed E-state index contributed by atoms with van der Waals surface area (Å²) in [5, 5.41) is 0. The van der Waals surface area contributed by atoms with Crippen molar-refractivity contribution in [2.75, 3.05) is 0 Å². The Balaban J connectivity index is 2.27. The Labute approximate surface area is 122 Å². The summed E-state index contributed by atoms with van der Waals surface area (Å²) >= 11 is 1.30. The summed E-state index contributed by atoms with van der Waals surface area (Å²) in [5.41, 5.74) is 6.85. The molecule has 0 saturated carbocycles. The van der Waals surface area contributed by atoms with Crippen LogP contribution in [-0.4, -0.2) is 6.04 Å². The quantitative estimate of drug-likeness (QED) is 0.884. The first-order valence-electron chi connectivity index (χ1n) is 6.56. The average Bonchev–Trinajstić information content (AvgIpc) is 2.44. The van der Waals surface area contributed by atoms with Crippen molar-refractivity contribution in [3.05, 3.63) is 59.7 Å². The minimum absolute atomic E-state index is 0.0179. The van der Waals surface area contributed by atoms with Crippen LogP contribution in [0.4, 0.5) is 8.78 Å². The van der Waals surface area contributed by atoms with E-state index in [0.29, 0.717) is 11.3 Å². The van der Waals surface area contributed by atoms with E-state index in [9.17, 15) is 8.78 Å². The molecule has 2 rings (SSSR count). The highest BCUT2D eigenvalue weighted by atomic mass is 32.2. The van der Waals surface area contributed by atoms with Crippen LogP contribution in [0.25, 0.3) is 0 Å². The Hall–Kier alpha value is -1.39. The van der Waals surface area contributed by atoms with Crippen LogP contribution in [0.1, 0.15) is 18.9 Å². The first-order valence-corrected chi connectivity index (χ1v) is 7.38. The summed E-state index contributed by atoms with van der Waals surface area (Å²) in [6.07, 6.45) is 1.48. The zero-order valence-corrected chi connectivity index (χ0v) is 12.1. The number of hydrogen-bond donors (Lipinski definition) is 1. The van der Waals surface area contributed by atoms with Gasteiger partial charge in [0.2, 0.25) is 0 Å². The smallest absolute Gasteiger partial charge is 0.137 e. The van der Waals surface area contributed by atoms with Crippen LogP contribution in [0.2, 0.25) is 0 Å². The Kier molecular flexibility index (Phi) is 5.15. The van der Waals surface area contributed by atoms with Gasteiger partial charge in [0.05, 0.1) is 4.90 Å². The molecular weight excluding hydrogens is 276 g/mol. The van der Waals surface area contributed by atoms with Crippen LogP contribution in [0.5, 0.6) is 0 Å². The molecule has 20 heavy (non-hydrogen) atoms. The molecule has 0 spiro atoms. The topological polar surface area (TPSA) is 26.0 Å². The van der Waals surface area contributed by atoms with Crippen LogP contribution in [0, 0.1) is 11.6 Å². The molecule has 2 aromatic rings. The standard InChI is InChI=1S/C16H17F2NS/c1-2-13(19)10-11-4-3-5-15(18)16(11)20-14-8-6-12(17)7-9-14/h3-9,13H,2,10,19H2,1H3. The molecule has 0 radical (unpaired) electrons. The van der Waals surface area contributed by atoms with Gasteiger partial charge < -0.3 is 5.73 Å². The zero-order chi connectivity index (χ0) is 14.5. The van der Waals surface area contributed by atoms with E-state index in [2.05, 4.69) is 0 Å². The highest BCUT2D eigenvalue weighted by Gasteiger charge is 2.12. The van der Waals surface area contributed by atoms with E-state index in [1.165, 1.54) is 30.0 Å². The Morgan fingerprint density at radius 2 is 1.80 bits per heavy atom. The third-order valence-corrected chi connectivity index (χ3v) is 4.26. The first-order chi connectivity index (χ1) is 9.60. The monoisotopic (exact) mass is 293 g/mol. The van der Waals surface area contributed by atoms with Crippen molar-refractivity contribution in [1.29, 1.82) is 0 Å². The molecule has 0 heterocycles. The minimum Gasteiger partial charge on any atom is -0.327 e. The fraction of sp³-hybridized carbons (Fsp3) is 0.250. The lowest BCUT2D eigenvalue weighted by molar-refractivity contribution is 0.585. The van der Waals surface area contributed by atoms with E-state index in [4.69, 9.17) is 5.73 Å². The molecule has 2 N–H and O–H groups in total. The number of nitrogens with two attached hydrogens (primary N) is 1. The van der Waals surface area contributed by atoms with Crippen LogP contribution in [0.15, 0.2) is 52.3 Å². The summed E-state index contributed by atoms with van der Waals surface area (Å²) in [6.45, 7) is 2.01. The predicted octanol–water partition coefficient (Wildman–Crippen LogP) is 4.40. The maximum Gasteiger partial charge on any atom is 0.137 e. The van der Waals surface area contributed by atoms with Gasteiger partial charge in [0.25, 0.3) is 0 Å². The number of hydrogen-bond acceptors (Lipinski definition) is 2. The third-order valence-electron chi connectivity index (χ3n) is 3.09. The third kappa shape index (κ3) is 3.81. The summed E-state index contributed by atoms with van der Waals surface area (Å²) < 4.78 is 26.9. The van der Waals surface area contributed by atoms with Gasteiger partial charge in [-0.1, -0.05) is 30.8 Å². The average molecular weight is 293 g/mol. The van der Waals surface area contributed by atoms with E-state index < -0.39 is 0 Å². The molecule has 0 saturated heterocycles. The largest absolute Gasteiger partial charge is 0.327 e. The van der Waals surface area contributed by atoms with Gasteiger partial charge in [-0.05, 0) is 48.7 Å². The van der Waals surface area contributed by atoms with Gasteiger partial charge in [-0.3, -0.25) is 0 Å². The molecule has 0 aliphatic carbocycles. The second-order valence-corrected chi connectivity index (χ2v) is 5.74. The molecule has 106 valence electrons. The number of rotatable bonds is 5. The van der Waals surface area contributed by atoms with E-state index in [1.54, 1.807) is 18.2 Å². The fourth-order valence-electron chi connectivity index (χ4n) is 1.88. The van der Waals surface area contributed by atoms with Gasteiger partial charge in [0, 0.05) is 10.9 Å². The van der Waals surface area contributed by atoms with Crippen molar-refractivity contribution in [3.8, 4) is 0 Å². The normalized spacial score (nSPS) is 12.4. The van der Waals surface area contributed by atoms with Gasteiger partial charge in [-0.25, -0.2) is 8.78 Å².